The predicted octanol–water partition coefficient (Wildman–Crippen LogP) is 1.30. The van der Waals surface area contributed by atoms with Crippen molar-refractivity contribution in [2.75, 3.05) is 6.61 Å². The van der Waals surface area contributed by atoms with E-state index in [-0.39, 0.29) is 18.8 Å². The molecule has 12 heavy (non-hydrogen) atoms. The molecular formula is C9H18O3. The molecule has 0 amide bonds. The molecule has 2 atom stereocenters. The molecule has 72 valence electrons. The molecule has 0 unspecified atom stereocenters. The second kappa shape index (κ2) is 3.73. The number of ether oxygens (including phenoxy) is 2. The van der Waals surface area contributed by atoms with E-state index >= 15 is 0 Å². The zero-order valence-corrected chi connectivity index (χ0v) is 8.04. The Morgan fingerprint density at radius 2 is 1.83 bits per heavy atom. The van der Waals surface area contributed by atoms with Crippen LogP contribution in [0.1, 0.15) is 33.6 Å². The molecule has 3 heteroatoms. The molecule has 1 heterocycles. The maximum atomic E-state index is 8.99. The summed E-state index contributed by atoms with van der Waals surface area (Å²) in [7, 11) is 0. The number of aliphatic hydroxyl groups is 1. The highest BCUT2D eigenvalue weighted by molar-refractivity contribution is 4.80. The second-order valence-electron chi connectivity index (χ2n) is 3.68. The lowest BCUT2D eigenvalue weighted by molar-refractivity contribution is -0.149. The lowest BCUT2D eigenvalue weighted by Gasteiger charge is -2.16. The molecule has 1 fully saturated rings. The predicted molar refractivity (Wildman–Crippen MR) is 45.8 cm³/mol. The van der Waals surface area contributed by atoms with Crippen LogP contribution in [0.3, 0.4) is 0 Å². The fourth-order valence-electron chi connectivity index (χ4n) is 1.59. The molecule has 1 saturated heterocycles. The van der Waals surface area contributed by atoms with Crippen LogP contribution in [0.4, 0.5) is 0 Å². The van der Waals surface area contributed by atoms with E-state index in [0.29, 0.717) is 0 Å². The minimum atomic E-state index is -0.521. The van der Waals surface area contributed by atoms with Gasteiger partial charge in [0, 0.05) is 0 Å². The molecular weight excluding hydrogens is 156 g/mol. The molecule has 0 radical (unpaired) electrons. The number of rotatable bonds is 3. The Morgan fingerprint density at radius 3 is 2.33 bits per heavy atom. The first kappa shape index (κ1) is 9.96. The van der Waals surface area contributed by atoms with Crippen molar-refractivity contribution < 1.29 is 14.6 Å². The summed E-state index contributed by atoms with van der Waals surface area (Å²) in [6.45, 7) is 5.91. The van der Waals surface area contributed by atoms with Crippen LogP contribution in [0.25, 0.3) is 0 Å². The minimum Gasteiger partial charge on any atom is -0.394 e. The lowest BCUT2D eigenvalue weighted by atomic mass is 10.1. The van der Waals surface area contributed by atoms with Crippen LogP contribution in [0, 0.1) is 0 Å². The quantitative estimate of drug-likeness (QED) is 0.701. The summed E-state index contributed by atoms with van der Waals surface area (Å²) in [5, 5.41) is 8.99. The van der Waals surface area contributed by atoms with Gasteiger partial charge in [0.25, 0.3) is 0 Å². The summed E-state index contributed by atoms with van der Waals surface area (Å²) in [5.74, 6) is -0.521. The smallest absolute Gasteiger partial charge is 0.163 e. The van der Waals surface area contributed by atoms with Crippen molar-refractivity contribution in [1.82, 2.24) is 0 Å². The third-order valence-electron chi connectivity index (χ3n) is 2.04. The van der Waals surface area contributed by atoms with Gasteiger partial charge in [0.2, 0.25) is 0 Å². The van der Waals surface area contributed by atoms with Gasteiger partial charge in [-0.05, 0) is 20.3 Å². The number of hydrogen-bond acceptors (Lipinski definition) is 3. The molecule has 1 aliphatic rings. The Bertz CT molecular complexity index is 145. The van der Waals surface area contributed by atoms with Crippen molar-refractivity contribution in [2.45, 2.75) is 51.6 Å². The van der Waals surface area contributed by atoms with E-state index in [9.17, 15) is 0 Å². The zero-order chi connectivity index (χ0) is 9.19. The average molecular weight is 174 g/mol. The molecule has 0 spiro atoms. The SMILES string of the molecule is CCC[C@H]1OC(C)(C)O[C@H]1CO. The summed E-state index contributed by atoms with van der Waals surface area (Å²) in [6, 6.07) is 0. The summed E-state index contributed by atoms with van der Waals surface area (Å²) in [4.78, 5) is 0. The first-order chi connectivity index (χ1) is 5.59. The van der Waals surface area contributed by atoms with Gasteiger partial charge < -0.3 is 14.6 Å². The van der Waals surface area contributed by atoms with Crippen LogP contribution in [0.5, 0.6) is 0 Å². The van der Waals surface area contributed by atoms with Crippen LogP contribution >= 0.6 is 0 Å². The molecule has 1 rings (SSSR count). The Kier molecular flexibility index (Phi) is 3.09. The van der Waals surface area contributed by atoms with Crippen molar-refractivity contribution in [3.8, 4) is 0 Å². The van der Waals surface area contributed by atoms with E-state index in [2.05, 4.69) is 6.92 Å². The highest BCUT2D eigenvalue weighted by atomic mass is 16.8. The van der Waals surface area contributed by atoms with Crippen molar-refractivity contribution in [1.29, 1.82) is 0 Å². The second-order valence-corrected chi connectivity index (χ2v) is 3.68. The third-order valence-corrected chi connectivity index (χ3v) is 2.04. The minimum absolute atomic E-state index is 0.0497. The lowest BCUT2D eigenvalue weighted by Crippen LogP contribution is -2.25. The topological polar surface area (TPSA) is 38.7 Å². The Balaban J connectivity index is 2.50. The van der Waals surface area contributed by atoms with Gasteiger partial charge in [-0.25, -0.2) is 0 Å². The van der Waals surface area contributed by atoms with Crippen LogP contribution < -0.4 is 0 Å². The summed E-state index contributed by atoms with van der Waals surface area (Å²) in [5.41, 5.74) is 0. The molecule has 0 aromatic rings. The van der Waals surface area contributed by atoms with Crippen molar-refractivity contribution in [3.05, 3.63) is 0 Å². The van der Waals surface area contributed by atoms with E-state index < -0.39 is 5.79 Å². The van der Waals surface area contributed by atoms with Gasteiger partial charge in [0.05, 0.1) is 12.7 Å². The molecule has 3 nitrogen and oxygen atoms in total. The van der Waals surface area contributed by atoms with Gasteiger partial charge in [-0.2, -0.15) is 0 Å². The van der Waals surface area contributed by atoms with E-state index in [1.165, 1.54) is 0 Å². The Hall–Kier alpha value is -0.120. The van der Waals surface area contributed by atoms with Crippen LogP contribution in [-0.4, -0.2) is 29.7 Å². The number of hydrogen-bond donors (Lipinski definition) is 1. The van der Waals surface area contributed by atoms with Gasteiger partial charge in [0.1, 0.15) is 6.10 Å². The fourth-order valence-corrected chi connectivity index (χ4v) is 1.59. The maximum absolute atomic E-state index is 8.99. The monoisotopic (exact) mass is 174 g/mol. The maximum Gasteiger partial charge on any atom is 0.163 e. The Labute approximate surface area is 73.7 Å². The van der Waals surface area contributed by atoms with Crippen molar-refractivity contribution in [3.63, 3.8) is 0 Å². The molecule has 0 aromatic heterocycles. The van der Waals surface area contributed by atoms with Crippen molar-refractivity contribution >= 4 is 0 Å². The average Bonchev–Trinajstić information content (AvgIpc) is 2.26. The first-order valence-corrected chi connectivity index (χ1v) is 4.55. The van der Waals surface area contributed by atoms with E-state index in [1.54, 1.807) is 0 Å². The standard InChI is InChI=1S/C9H18O3/c1-4-5-7-8(6-10)12-9(2,3)11-7/h7-8,10H,4-6H2,1-3H3/t7-,8+/m1/s1. The fraction of sp³-hybridized carbons (Fsp3) is 1.00. The van der Waals surface area contributed by atoms with E-state index in [1.807, 2.05) is 13.8 Å². The van der Waals surface area contributed by atoms with Gasteiger partial charge in [-0.15, -0.1) is 0 Å². The molecule has 0 bridgehead atoms. The van der Waals surface area contributed by atoms with Gasteiger partial charge in [-0.3, -0.25) is 0 Å². The van der Waals surface area contributed by atoms with Gasteiger partial charge >= 0.3 is 0 Å². The van der Waals surface area contributed by atoms with Gasteiger partial charge in [0.15, 0.2) is 5.79 Å². The van der Waals surface area contributed by atoms with Crippen LogP contribution in [-0.2, 0) is 9.47 Å². The molecule has 0 saturated carbocycles. The summed E-state index contributed by atoms with van der Waals surface area (Å²) >= 11 is 0. The largest absolute Gasteiger partial charge is 0.394 e. The first-order valence-electron chi connectivity index (χ1n) is 4.55. The zero-order valence-electron chi connectivity index (χ0n) is 8.04. The number of aliphatic hydroxyl groups excluding tert-OH is 1. The molecule has 1 aliphatic heterocycles. The summed E-state index contributed by atoms with van der Waals surface area (Å²) < 4.78 is 11.1. The molecule has 0 aliphatic carbocycles. The summed E-state index contributed by atoms with van der Waals surface area (Å²) in [6.07, 6.45) is 1.94. The Morgan fingerprint density at radius 1 is 1.25 bits per heavy atom. The normalized spacial score (nSPS) is 34.0. The third kappa shape index (κ3) is 2.19. The van der Waals surface area contributed by atoms with Crippen molar-refractivity contribution in [2.24, 2.45) is 0 Å². The highest BCUT2D eigenvalue weighted by Crippen LogP contribution is 2.29. The van der Waals surface area contributed by atoms with Gasteiger partial charge in [-0.1, -0.05) is 13.3 Å². The van der Waals surface area contributed by atoms with Crippen LogP contribution in [0.2, 0.25) is 0 Å². The van der Waals surface area contributed by atoms with E-state index in [0.717, 1.165) is 12.8 Å². The van der Waals surface area contributed by atoms with E-state index in [4.69, 9.17) is 14.6 Å². The highest BCUT2D eigenvalue weighted by Gasteiger charge is 2.39. The molecule has 0 aromatic carbocycles. The van der Waals surface area contributed by atoms with Crippen LogP contribution in [0.15, 0.2) is 0 Å². The molecule has 1 N–H and O–H groups in total.